The van der Waals surface area contributed by atoms with E-state index in [2.05, 4.69) is 10.7 Å². The number of primary amides is 1. The molecule has 25 heavy (non-hydrogen) atoms. The van der Waals surface area contributed by atoms with Crippen LogP contribution in [0.4, 0.5) is 0 Å². The highest BCUT2D eigenvalue weighted by Crippen LogP contribution is 2.33. The van der Waals surface area contributed by atoms with Gasteiger partial charge < -0.3 is 20.1 Å². The summed E-state index contributed by atoms with van der Waals surface area (Å²) < 4.78 is 10.2. The topological polar surface area (TPSA) is 98.9 Å². The molecule has 2 amide bonds. The van der Waals surface area contributed by atoms with E-state index in [9.17, 15) is 14.4 Å². The lowest BCUT2D eigenvalue weighted by Crippen LogP contribution is -2.45. The molecule has 1 aliphatic heterocycles. The van der Waals surface area contributed by atoms with Crippen LogP contribution in [-0.2, 0) is 20.9 Å². The van der Waals surface area contributed by atoms with Crippen LogP contribution in [-0.4, -0.2) is 42.4 Å². The average Bonchev–Trinajstić information content (AvgIpc) is 2.93. The molecule has 1 heterocycles. The van der Waals surface area contributed by atoms with Gasteiger partial charge in [-0.3, -0.25) is 14.4 Å². The molecule has 0 aliphatic carbocycles. The van der Waals surface area contributed by atoms with Crippen molar-refractivity contribution in [3.63, 3.8) is 0 Å². The molecule has 0 fully saturated rings. The summed E-state index contributed by atoms with van der Waals surface area (Å²) in [5.41, 5.74) is 6.59. The predicted molar refractivity (Wildman–Crippen MR) is 89.5 cm³/mol. The van der Waals surface area contributed by atoms with Crippen LogP contribution < -0.4 is 10.5 Å². The summed E-state index contributed by atoms with van der Waals surface area (Å²) >= 11 is 0. The SMILES string of the molecule is C#CCCOc1cccc2c1CN(C(CCC(=O)OC)C(N)=O)C2=O. The van der Waals surface area contributed by atoms with Gasteiger partial charge in [0.1, 0.15) is 11.8 Å². The van der Waals surface area contributed by atoms with Gasteiger partial charge in [0, 0.05) is 24.0 Å². The molecule has 1 unspecified atom stereocenters. The van der Waals surface area contributed by atoms with E-state index >= 15 is 0 Å². The molecule has 1 aromatic carbocycles. The maximum atomic E-state index is 12.7. The van der Waals surface area contributed by atoms with Gasteiger partial charge in [-0.05, 0) is 18.6 Å². The molecule has 7 nitrogen and oxygen atoms in total. The second-order valence-electron chi connectivity index (χ2n) is 5.55. The number of hydrogen-bond donors (Lipinski definition) is 1. The van der Waals surface area contributed by atoms with Gasteiger partial charge in [-0.2, -0.15) is 0 Å². The fraction of sp³-hybridized carbons (Fsp3) is 0.389. The minimum atomic E-state index is -0.891. The Labute approximate surface area is 146 Å². The van der Waals surface area contributed by atoms with Crippen molar-refractivity contribution >= 4 is 17.8 Å². The minimum Gasteiger partial charge on any atom is -0.492 e. The Morgan fingerprint density at radius 1 is 1.44 bits per heavy atom. The van der Waals surface area contributed by atoms with Gasteiger partial charge in [0.15, 0.2) is 0 Å². The number of hydrogen-bond acceptors (Lipinski definition) is 5. The molecule has 7 heteroatoms. The standard InChI is InChI=1S/C18H20N2O5/c1-3-4-10-25-15-7-5-6-12-13(15)11-20(18(12)23)14(17(19)22)8-9-16(21)24-2/h1,5-7,14H,4,8-11H2,2H3,(H2,19,22). The van der Waals surface area contributed by atoms with Crippen molar-refractivity contribution in [2.45, 2.75) is 31.8 Å². The van der Waals surface area contributed by atoms with E-state index in [1.807, 2.05) is 0 Å². The van der Waals surface area contributed by atoms with Crippen molar-refractivity contribution in [3.05, 3.63) is 29.3 Å². The lowest BCUT2D eigenvalue weighted by Gasteiger charge is -2.24. The number of carbonyl (C=O) groups is 3. The second kappa shape index (κ2) is 8.20. The molecular formula is C18H20N2O5. The van der Waals surface area contributed by atoms with Crippen LogP contribution >= 0.6 is 0 Å². The molecule has 132 valence electrons. The highest BCUT2D eigenvalue weighted by Gasteiger charge is 2.37. The first kappa shape index (κ1) is 18.3. The molecule has 0 spiro atoms. The number of benzene rings is 1. The molecule has 0 bridgehead atoms. The lowest BCUT2D eigenvalue weighted by atomic mass is 10.1. The number of terminal acetylenes is 1. The smallest absolute Gasteiger partial charge is 0.305 e. The lowest BCUT2D eigenvalue weighted by molar-refractivity contribution is -0.141. The molecule has 0 saturated carbocycles. The minimum absolute atomic E-state index is 0.00421. The van der Waals surface area contributed by atoms with Gasteiger partial charge in [0.05, 0.1) is 20.3 Å². The van der Waals surface area contributed by atoms with E-state index in [0.29, 0.717) is 29.9 Å². The summed E-state index contributed by atoms with van der Waals surface area (Å²) in [7, 11) is 1.26. The summed E-state index contributed by atoms with van der Waals surface area (Å²) in [6.07, 6.45) is 5.76. The molecule has 0 aromatic heterocycles. The highest BCUT2D eigenvalue weighted by atomic mass is 16.5. The van der Waals surface area contributed by atoms with Crippen LogP contribution in [0.15, 0.2) is 18.2 Å². The molecule has 1 aliphatic rings. The monoisotopic (exact) mass is 344 g/mol. The molecular weight excluding hydrogens is 324 g/mol. The third kappa shape index (κ3) is 4.10. The Balaban J connectivity index is 2.19. The summed E-state index contributed by atoms with van der Waals surface area (Å²) in [6, 6.07) is 4.24. The molecule has 2 N–H and O–H groups in total. The predicted octanol–water partition coefficient (Wildman–Crippen LogP) is 0.852. The maximum Gasteiger partial charge on any atom is 0.305 e. The van der Waals surface area contributed by atoms with Crippen molar-refractivity contribution in [1.29, 1.82) is 0 Å². The fourth-order valence-corrected chi connectivity index (χ4v) is 2.74. The molecule has 0 radical (unpaired) electrons. The third-order valence-electron chi connectivity index (χ3n) is 4.01. The number of nitrogens with zero attached hydrogens (tertiary/aromatic N) is 1. The first-order valence-corrected chi connectivity index (χ1v) is 7.84. The summed E-state index contributed by atoms with van der Waals surface area (Å²) in [5.74, 6) is 1.59. The molecule has 1 atom stereocenters. The second-order valence-corrected chi connectivity index (χ2v) is 5.55. The van der Waals surface area contributed by atoms with Crippen molar-refractivity contribution in [3.8, 4) is 18.1 Å². The van der Waals surface area contributed by atoms with E-state index in [-0.39, 0.29) is 25.3 Å². The van der Waals surface area contributed by atoms with Crippen molar-refractivity contribution in [2.24, 2.45) is 5.73 Å². The number of amides is 2. The normalized spacial score (nSPS) is 13.8. The van der Waals surface area contributed by atoms with E-state index < -0.39 is 17.9 Å². The summed E-state index contributed by atoms with van der Waals surface area (Å²) in [6.45, 7) is 0.526. The van der Waals surface area contributed by atoms with Crippen molar-refractivity contribution < 1.29 is 23.9 Å². The number of ether oxygens (including phenoxy) is 2. The van der Waals surface area contributed by atoms with Crippen LogP contribution in [0.25, 0.3) is 0 Å². The Hall–Kier alpha value is -3.01. The molecule has 1 aromatic rings. The number of esters is 1. The van der Waals surface area contributed by atoms with Crippen LogP contribution in [0.3, 0.4) is 0 Å². The fourth-order valence-electron chi connectivity index (χ4n) is 2.74. The number of rotatable bonds is 8. The van der Waals surface area contributed by atoms with Crippen molar-refractivity contribution in [2.75, 3.05) is 13.7 Å². The Bertz CT molecular complexity index is 723. The van der Waals surface area contributed by atoms with Gasteiger partial charge in [0.25, 0.3) is 5.91 Å². The van der Waals surface area contributed by atoms with Gasteiger partial charge >= 0.3 is 5.97 Å². The van der Waals surface area contributed by atoms with Gasteiger partial charge in [0.2, 0.25) is 5.91 Å². The maximum absolute atomic E-state index is 12.7. The van der Waals surface area contributed by atoms with E-state index in [4.69, 9.17) is 16.9 Å². The van der Waals surface area contributed by atoms with Gasteiger partial charge in [-0.1, -0.05) is 6.07 Å². The zero-order valence-corrected chi connectivity index (χ0v) is 14.0. The Morgan fingerprint density at radius 2 is 2.20 bits per heavy atom. The van der Waals surface area contributed by atoms with Crippen molar-refractivity contribution in [1.82, 2.24) is 4.90 Å². The Kier molecular flexibility index (Phi) is 6.01. The van der Waals surface area contributed by atoms with E-state index in [1.165, 1.54) is 12.0 Å². The van der Waals surface area contributed by atoms with Crippen LogP contribution in [0, 0.1) is 12.3 Å². The molecule has 2 rings (SSSR count). The third-order valence-corrected chi connectivity index (χ3v) is 4.01. The van der Waals surface area contributed by atoms with Crippen LogP contribution in [0.2, 0.25) is 0 Å². The highest BCUT2D eigenvalue weighted by molar-refractivity contribution is 6.01. The van der Waals surface area contributed by atoms with E-state index in [1.54, 1.807) is 18.2 Å². The first-order valence-electron chi connectivity index (χ1n) is 7.84. The number of methoxy groups -OCH3 is 1. The zero-order valence-electron chi connectivity index (χ0n) is 14.0. The first-order chi connectivity index (χ1) is 12.0. The Morgan fingerprint density at radius 3 is 2.84 bits per heavy atom. The van der Waals surface area contributed by atoms with Gasteiger partial charge in [-0.25, -0.2) is 0 Å². The van der Waals surface area contributed by atoms with Crippen LogP contribution in [0.1, 0.15) is 35.2 Å². The average molecular weight is 344 g/mol. The largest absolute Gasteiger partial charge is 0.492 e. The van der Waals surface area contributed by atoms with Crippen LogP contribution in [0.5, 0.6) is 5.75 Å². The summed E-state index contributed by atoms with van der Waals surface area (Å²) in [5, 5.41) is 0. The van der Waals surface area contributed by atoms with Gasteiger partial charge in [-0.15, -0.1) is 12.3 Å². The number of nitrogens with two attached hydrogens (primary N) is 1. The quantitative estimate of drug-likeness (QED) is 0.428. The number of carbonyl (C=O) groups excluding carboxylic acids is 3. The van der Waals surface area contributed by atoms with E-state index in [0.717, 1.165) is 0 Å². The zero-order chi connectivity index (χ0) is 18.4. The summed E-state index contributed by atoms with van der Waals surface area (Å²) in [4.78, 5) is 37.2. The molecule has 0 saturated heterocycles. The number of fused-ring (bicyclic) bond motifs is 1.